The number of halogens is 1. The summed E-state index contributed by atoms with van der Waals surface area (Å²) < 4.78 is 0. The molecule has 0 aliphatic heterocycles. The van der Waals surface area contributed by atoms with Crippen LogP contribution in [0.1, 0.15) is 21.5 Å². The third-order valence-electron chi connectivity index (χ3n) is 1.69. The summed E-state index contributed by atoms with van der Waals surface area (Å²) >= 11 is 0. The van der Waals surface area contributed by atoms with Gasteiger partial charge in [-0.1, -0.05) is 18.2 Å². The third kappa shape index (κ3) is 2.08. The number of hydrogen-bond acceptors (Lipinski definition) is 1. The topological polar surface area (TPSA) is 37.3 Å². The molecule has 0 spiro atoms. The van der Waals surface area contributed by atoms with Crippen molar-refractivity contribution in [3.63, 3.8) is 0 Å². The molecule has 0 fully saturated rings. The minimum absolute atomic E-state index is 0. The van der Waals surface area contributed by atoms with Gasteiger partial charge in [0.1, 0.15) is 0 Å². The maximum atomic E-state index is 10.6. The highest BCUT2D eigenvalue weighted by molar-refractivity contribution is 8.93. The zero-order valence-electron chi connectivity index (χ0n) is 7.00. The zero-order valence-corrected chi connectivity index (χ0v) is 8.71. The first-order chi connectivity index (χ1) is 5.13. The number of aromatic carboxylic acids is 1. The number of carbonyl (C=O) groups is 1. The molecule has 0 saturated carbocycles. The maximum absolute atomic E-state index is 10.6. The van der Waals surface area contributed by atoms with Gasteiger partial charge < -0.3 is 5.11 Å². The molecule has 0 aliphatic rings. The quantitative estimate of drug-likeness (QED) is 0.806. The second-order valence-corrected chi connectivity index (χ2v) is 2.57. The van der Waals surface area contributed by atoms with Crippen molar-refractivity contribution in [1.29, 1.82) is 0 Å². The molecule has 0 unspecified atom stereocenters. The standard InChI is InChI=1S/C9H10O2.BrH/c1-6-4-3-5-7(2)8(6)9(10)11;/h3-5H,1-2H3,(H,10,11);1H. The number of aryl methyl sites for hydroxylation is 2. The van der Waals surface area contributed by atoms with Gasteiger partial charge in [-0.05, 0) is 25.0 Å². The fraction of sp³-hybridized carbons (Fsp3) is 0.222. The van der Waals surface area contributed by atoms with Gasteiger partial charge in [-0.25, -0.2) is 4.79 Å². The van der Waals surface area contributed by atoms with Gasteiger partial charge in [-0.3, -0.25) is 0 Å². The van der Waals surface area contributed by atoms with Crippen molar-refractivity contribution in [3.05, 3.63) is 34.9 Å². The van der Waals surface area contributed by atoms with Crippen LogP contribution in [0.5, 0.6) is 0 Å². The lowest BCUT2D eigenvalue weighted by Gasteiger charge is -2.02. The Morgan fingerprint density at radius 3 is 1.92 bits per heavy atom. The molecule has 12 heavy (non-hydrogen) atoms. The summed E-state index contributed by atoms with van der Waals surface area (Å²) in [6.45, 7) is 3.60. The number of carboxylic acids is 1. The SMILES string of the molecule is Br.Cc1cccc(C)c1C(=O)O. The molecule has 0 aliphatic carbocycles. The maximum Gasteiger partial charge on any atom is 0.336 e. The van der Waals surface area contributed by atoms with Crippen LogP contribution in [0.2, 0.25) is 0 Å². The number of carboxylic acid groups (broad SMARTS) is 1. The molecule has 1 aromatic rings. The number of rotatable bonds is 1. The van der Waals surface area contributed by atoms with E-state index in [0.29, 0.717) is 5.56 Å². The van der Waals surface area contributed by atoms with Crippen molar-refractivity contribution in [2.45, 2.75) is 13.8 Å². The summed E-state index contributed by atoms with van der Waals surface area (Å²) in [5.74, 6) is -0.847. The molecule has 1 aromatic carbocycles. The van der Waals surface area contributed by atoms with E-state index in [9.17, 15) is 4.79 Å². The molecule has 66 valence electrons. The van der Waals surface area contributed by atoms with Gasteiger partial charge in [0.15, 0.2) is 0 Å². The van der Waals surface area contributed by atoms with Crippen LogP contribution in [0.3, 0.4) is 0 Å². The lowest BCUT2D eigenvalue weighted by Crippen LogP contribution is -2.01. The molecular weight excluding hydrogens is 220 g/mol. The Bertz CT molecular complexity index is 274. The van der Waals surface area contributed by atoms with Gasteiger partial charge in [0.05, 0.1) is 5.56 Å². The molecule has 1 N–H and O–H groups in total. The molecule has 0 saturated heterocycles. The molecule has 0 radical (unpaired) electrons. The predicted molar refractivity (Wildman–Crippen MR) is 53.2 cm³/mol. The van der Waals surface area contributed by atoms with Gasteiger partial charge in [-0.15, -0.1) is 17.0 Å². The van der Waals surface area contributed by atoms with E-state index in [-0.39, 0.29) is 17.0 Å². The van der Waals surface area contributed by atoms with Crippen molar-refractivity contribution in [2.75, 3.05) is 0 Å². The van der Waals surface area contributed by atoms with Gasteiger partial charge in [-0.2, -0.15) is 0 Å². The molecule has 1 rings (SSSR count). The first kappa shape index (κ1) is 11.2. The largest absolute Gasteiger partial charge is 0.478 e. The Morgan fingerprint density at radius 2 is 1.67 bits per heavy atom. The molecular formula is C9H11BrO2. The average molecular weight is 231 g/mol. The van der Waals surface area contributed by atoms with Gasteiger partial charge in [0, 0.05) is 0 Å². The van der Waals surface area contributed by atoms with E-state index in [1.165, 1.54) is 0 Å². The van der Waals surface area contributed by atoms with Crippen LogP contribution in [-0.2, 0) is 0 Å². The van der Waals surface area contributed by atoms with Crippen molar-refractivity contribution >= 4 is 23.0 Å². The minimum Gasteiger partial charge on any atom is -0.478 e. The summed E-state index contributed by atoms with van der Waals surface area (Å²) in [4.78, 5) is 10.6. The van der Waals surface area contributed by atoms with Gasteiger partial charge in [0.25, 0.3) is 0 Å². The molecule has 0 amide bonds. The Hall–Kier alpha value is -0.830. The second kappa shape index (κ2) is 4.26. The van der Waals surface area contributed by atoms with Crippen molar-refractivity contribution < 1.29 is 9.90 Å². The fourth-order valence-electron chi connectivity index (χ4n) is 1.15. The lowest BCUT2D eigenvalue weighted by atomic mass is 10.0. The zero-order chi connectivity index (χ0) is 8.43. The van der Waals surface area contributed by atoms with E-state index in [0.717, 1.165) is 11.1 Å². The molecule has 3 heteroatoms. The number of benzene rings is 1. The fourth-order valence-corrected chi connectivity index (χ4v) is 1.15. The normalized spacial score (nSPS) is 8.83. The second-order valence-electron chi connectivity index (χ2n) is 2.57. The summed E-state index contributed by atoms with van der Waals surface area (Å²) in [6, 6.07) is 5.46. The third-order valence-corrected chi connectivity index (χ3v) is 1.69. The highest BCUT2D eigenvalue weighted by atomic mass is 79.9. The predicted octanol–water partition coefficient (Wildman–Crippen LogP) is 2.58. The number of hydrogen-bond donors (Lipinski definition) is 1. The van der Waals surface area contributed by atoms with E-state index in [1.54, 1.807) is 26.0 Å². The first-order valence-electron chi connectivity index (χ1n) is 3.42. The summed E-state index contributed by atoms with van der Waals surface area (Å²) in [5.41, 5.74) is 2.06. The van der Waals surface area contributed by atoms with Crippen LogP contribution in [0.4, 0.5) is 0 Å². The van der Waals surface area contributed by atoms with E-state index in [1.807, 2.05) is 6.07 Å². The van der Waals surface area contributed by atoms with Crippen LogP contribution < -0.4 is 0 Å². The monoisotopic (exact) mass is 230 g/mol. The van der Waals surface area contributed by atoms with E-state index in [4.69, 9.17) is 5.11 Å². The summed E-state index contributed by atoms with van der Waals surface area (Å²) in [5, 5.41) is 8.75. The highest BCUT2D eigenvalue weighted by Gasteiger charge is 2.08. The Labute approximate surface area is 82.0 Å². The van der Waals surface area contributed by atoms with E-state index < -0.39 is 5.97 Å². The Morgan fingerprint density at radius 1 is 1.25 bits per heavy atom. The van der Waals surface area contributed by atoms with Crippen molar-refractivity contribution in [1.82, 2.24) is 0 Å². The van der Waals surface area contributed by atoms with Crippen LogP contribution in [-0.4, -0.2) is 11.1 Å². The van der Waals surface area contributed by atoms with Crippen LogP contribution in [0.25, 0.3) is 0 Å². The summed E-state index contributed by atoms with van der Waals surface area (Å²) in [6.07, 6.45) is 0. The van der Waals surface area contributed by atoms with Crippen molar-refractivity contribution in [2.24, 2.45) is 0 Å². The highest BCUT2D eigenvalue weighted by Crippen LogP contribution is 2.12. The van der Waals surface area contributed by atoms with Gasteiger partial charge in [0.2, 0.25) is 0 Å². The van der Waals surface area contributed by atoms with Crippen LogP contribution >= 0.6 is 17.0 Å². The Balaban J connectivity index is 0.00000121. The molecule has 0 heterocycles. The Kier molecular flexibility index (Phi) is 3.96. The molecule has 0 atom stereocenters. The smallest absolute Gasteiger partial charge is 0.336 e. The molecule has 0 aromatic heterocycles. The lowest BCUT2D eigenvalue weighted by molar-refractivity contribution is 0.0695. The van der Waals surface area contributed by atoms with Crippen LogP contribution in [0.15, 0.2) is 18.2 Å². The molecule has 2 nitrogen and oxygen atoms in total. The van der Waals surface area contributed by atoms with Crippen LogP contribution in [0, 0.1) is 13.8 Å². The summed E-state index contributed by atoms with van der Waals surface area (Å²) in [7, 11) is 0. The van der Waals surface area contributed by atoms with E-state index >= 15 is 0 Å². The van der Waals surface area contributed by atoms with E-state index in [2.05, 4.69) is 0 Å². The molecule has 0 bridgehead atoms. The first-order valence-corrected chi connectivity index (χ1v) is 3.42. The van der Waals surface area contributed by atoms with Gasteiger partial charge >= 0.3 is 5.97 Å². The minimum atomic E-state index is -0.847. The van der Waals surface area contributed by atoms with Crippen molar-refractivity contribution in [3.8, 4) is 0 Å². The average Bonchev–Trinajstić information content (AvgIpc) is 1.85.